The van der Waals surface area contributed by atoms with Crippen LogP contribution in [0, 0.1) is 0 Å². The molecule has 2 saturated heterocycles. The van der Waals surface area contributed by atoms with E-state index in [0.717, 1.165) is 0 Å². The van der Waals surface area contributed by atoms with Gasteiger partial charge in [0.05, 0.1) is 25.4 Å². The molecule has 4 atom stereocenters. The van der Waals surface area contributed by atoms with Crippen molar-refractivity contribution in [3.8, 4) is 0 Å². The smallest absolute Gasteiger partial charge is 0.218 e. The van der Waals surface area contributed by atoms with Crippen molar-refractivity contribution in [3.63, 3.8) is 0 Å². The van der Waals surface area contributed by atoms with Crippen LogP contribution in [-0.2, 0) is 18.9 Å². The summed E-state index contributed by atoms with van der Waals surface area (Å²) in [6.45, 7) is 7.03. The number of ether oxygens (including phenoxy) is 4. The maximum Gasteiger partial charge on any atom is 0.218 e. The van der Waals surface area contributed by atoms with Crippen LogP contribution in [0.4, 0.5) is 0 Å². The first-order valence-electron chi connectivity index (χ1n) is 4.69. The summed E-state index contributed by atoms with van der Waals surface area (Å²) in [5.41, 5.74) is 0. The highest BCUT2D eigenvalue weighted by Crippen LogP contribution is 2.32. The molecule has 0 N–H and O–H groups in total. The molecule has 0 radical (unpaired) electrons. The summed E-state index contributed by atoms with van der Waals surface area (Å²) >= 11 is 0. The van der Waals surface area contributed by atoms with Crippen LogP contribution in [0.3, 0.4) is 0 Å². The molecular weight excluding hydrogens is 172 g/mol. The molecule has 0 aliphatic carbocycles. The van der Waals surface area contributed by atoms with Crippen LogP contribution in [0.15, 0.2) is 0 Å². The van der Waals surface area contributed by atoms with Crippen molar-refractivity contribution in [2.24, 2.45) is 0 Å². The van der Waals surface area contributed by atoms with Crippen molar-refractivity contribution < 1.29 is 18.9 Å². The monoisotopic (exact) mass is 188 g/mol. The lowest BCUT2D eigenvalue weighted by molar-refractivity contribution is -0.278. The van der Waals surface area contributed by atoms with Gasteiger partial charge in [0.2, 0.25) is 12.1 Å². The zero-order chi connectivity index (χ0) is 9.47. The highest BCUT2D eigenvalue weighted by atomic mass is 16.8. The van der Waals surface area contributed by atoms with E-state index in [-0.39, 0.29) is 18.5 Å². The van der Waals surface area contributed by atoms with Crippen LogP contribution in [0.2, 0.25) is 0 Å². The second kappa shape index (κ2) is 3.20. The Kier molecular flexibility index (Phi) is 2.32. The summed E-state index contributed by atoms with van der Waals surface area (Å²) in [6, 6.07) is 0. The van der Waals surface area contributed by atoms with Crippen molar-refractivity contribution in [2.45, 2.75) is 45.1 Å². The molecule has 0 aromatic heterocycles. The lowest BCUT2D eigenvalue weighted by Crippen LogP contribution is -2.41. The first kappa shape index (κ1) is 9.40. The molecule has 4 heteroatoms. The van der Waals surface area contributed by atoms with Crippen LogP contribution >= 0.6 is 0 Å². The van der Waals surface area contributed by atoms with Gasteiger partial charge < -0.3 is 18.9 Å². The second-order valence-corrected chi connectivity index (χ2v) is 3.87. The number of hydrogen-bond acceptors (Lipinski definition) is 4. The molecule has 0 amide bonds. The fourth-order valence-electron chi connectivity index (χ4n) is 1.66. The van der Waals surface area contributed by atoms with Crippen LogP contribution in [0.1, 0.15) is 20.8 Å². The average Bonchev–Trinajstić information content (AvgIpc) is 2.60. The third-order valence-corrected chi connectivity index (χ3v) is 2.31. The zero-order valence-electron chi connectivity index (χ0n) is 8.28. The van der Waals surface area contributed by atoms with Crippen molar-refractivity contribution in [1.29, 1.82) is 0 Å². The summed E-state index contributed by atoms with van der Waals surface area (Å²) in [7, 11) is 0. The van der Waals surface area contributed by atoms with Gasteiger partial charge in [-0.15, -0.1) is 0 Å². The van der Waals surface area contributed by atoms with Gasteiger partial charge in [0.25, 0.3) is 0 Å². The fraction of sp³-hybridized carbons (Fsp3) is 1.00. The molecule has 13 heavy (non-hydrogen) atoms. The van der Waals surface area contributed by atoms with Gasteiger partial charge in [0, 0.05) is 0 Å². The Hall–Kier alpha value is -0.160. The Bertz CT molecular complexity index is 196. The van der Waals surface area contributed by atoms with E-state index in [1.165, 1.54) is 0 Å². The average molecular weight is 188 g/mol. The summed E-state index contributed by atoms with van der Waals surface area (Å²) in [5.74, 6) is -0.718. The van der Waals surface area contributed by atoms with Crippen LogP contribution in [-0.4, -0.2) is 37.5 Å². The molecule has 76 valence electrons. The first-order chi connectivity index (χ1) is 6.10. The molecule has 0 spiro atoms. The van der Waals surface area contributed by atoms with Gasteiger partial charge >= 0.3 is 0 Å². The molecule has 2 rings (SSSR count). The Morgan fingerprint density at radius 1 is 1.15 bits per heavy atom. The van der Waals surface area contributed by atoms with E-state index in [4.69, 9.17) is 18.9 Å². The van der Waals surface area contributed by atoms with Gasteiger partial charge in [0.15, 0.2) is 0 Å². The molecule has 2 fully saturated rings. The van der Waals surface area contributed by atoms with Gasteiger partial charge in [-0.3, -0.25) is 0 Å². The van der Waals surface area contributed by atoms with Crippen molar-refractivity contribution >= 4 is 0 Å². The lowest BCUT2D eigenvalue weighted by Gasteiger charge is -2.27. The summed E-state index contributed by atoms with van der Waals surface area (Å²) < 4.78 is 22.1. The molecule has 0 aromatic carbocycles. The molecule has 0 saturated carbocycles. The molecule has 0 bridgehead atoms. The van der Waals surface area contributed by atoms with E-state index in [1.807, 2.05) is 20.8 Å². The number of hydrogen-bond donors (Lipinski definition) is 0. The molecule has 2 aliphatic rings. The van der Waals surface area contributed by atoms with Crippen LogP contribution in [0.5, 0.6) is 0 Å². The van der Waals surface area contributed by atoms with Crippen molar-refractivity contribution in [2.75, 3.05) is 13.2 Å². The Labute approximate surface area is 78.1 Å². The quantitative estimate of drug-likeness (QED) is 0.612. The maximum absolute atomic E-state index is 5.61. The fourth-order valence-corrected chi connectivity index (χ4v) is 1.66. The Balaban J connectivity index is 1.99. The predicted molar refractivity (Wildman–Crippen MR) is 45.2 cm³/mol. The largest absolute Gasteiger partial charge is 0.345 e. The van der Waals surface area contributed by atoms with E-state index in [0.29, 0.717) is 13.2 Å². The molecule has 4 nitrogen and oxygen atoms in total. The highest BCUT2D eigenvalue weighted by Gasteiger charge is 2.47. The Morgan fingerprint density at radius 3 is 2.38 bits per heavy atom. The van der Waals surface area contributed by atoms with Crippen molar-refractivity contribution in [3.05, 3.63) is 0 Å². The van der Waals surface area contributed by atoms with Crippen LogP contribution < -0.4 is 0 Å². The second-order valence-electron chi connectivity index (χ2n) is 3.87. The van der Waals surface area contributed by atoms with Gasteiger partial charge in [-0.2, -0.15) is 0 Å². The molecular formula is C9H16O4. The van der Waals surface area contributed by atoms with Gasteiger partial charge in [-0.1, -0.05) is 0 Å². The molecule has 4 unspecified atom stereocenters. The minimum absolute atomic E-state index is 0.119. The van der Waals surface area contributed by atoms with Crippen LogP contribution in [0.25, 0.3) is 0 Å². The minimum atomic E-state index is -0.718. The van der Waals surface area contributed by atoms with Gasteiger partial charge in [0.1, 0.15) is 0 Å². The zero-order valence-corrected chi connectivity index (χ0v) is 8.28. The molecule has 0 aromatic rings. The SMILES string of the molecule is CC1COC(C2(C)OCC(C)O2)O1. The van der Waals surface area contributed by atoms with E-state index < -0.39 is 5.79 Å². The van der Waals surface area contributed by atoms with E-state index in [1.54, 1.807) is 0 Å². The molecule has 2 aliphatic heterocycles. The normalized spacial score (nSPS) is 51.5. The molecule has 2 heterocycles. The van der Waals surface area contributed by atoms with E-state index >= 15 is 0 Å². The maximum atomic E-state index is 5.61. The van der Waals surface area contributed by atoms with E-state index in [9.17, 15) is 0 Å². The third-order valence-electron chi connectivity index (χ3n) is 2.31. The lowest BCUT2D eigenvalue weighted by atomic mass is 10.3. The van der Waals surface area contributed by atoms with E-state index in [2.05, 4.69) is 0 Å². The summed E-state index contributed by atoms with van der Waals surface area (Å²) in [5, 5.41) is 0. The van der Waals surface area contributed by atoms with Gasteiger partial charge in [-0.05, 0) is 20.8 Å². The Morgan fingerprint density at radius 2 is 1.92 bits per heavy atom. The topological polar surface area (TPSA) is 36.9 Å². The summed E-state index contributed by atoms with van der Waals surface area (Å²) in [6.07, 6.45) is -0.134. The standard InChI is InChI=1S/C9H16O4/c1-6-4-10-8(12-6)9(3)11-5-7(2)13-9/h6-8H,4-5H2,1-3H3. The van der Waals surface area contributed by atoms with Crippen molar-refractivity contribution in [1.82, 2.24) is 0 Å². The predicted octanol–water partition coefficient (Wildman–Crippen LogP) is 0.899. The van der Waals surface area contributed by atoms with Gasteiger partial charge in [-0.25, -0.2) is 0 Å². The first-order valence-corrected chi connectivity index (χ1v) is 4.69. The minimum Gasteiger partial charge on any atom is -0.345 e. The number of rotatable bonds is 1. The third kappa shape index (κ3) is 1.72. The highest BCUT2D eigenvalue weighted by molar-refractivity contribution is 4.79. The summed E-state index contributed by atoms with van der Waals surface area (Å²) in [4.78, 5) is 0.